The summed E-state index contributed by atoms with van der Waals surface area (Å²) in [4.78, 5) is 0.0485. The average Bonchev–Trinajstić information content (AvgIpc) is 2.48. The summed E-state index contributed by atoms with van der Waals surface area (Å²) in [6.07, 6.45) is 0. The van der Waals surface area contributed by atoms with Crippen LogP contribution in [0.15, 0.2) is 53.4 Å². The van der Waals surface area contributed by atoms with Crippen LogP contribution in [0.3, 0.4) is 0 Å². The van der Waals surface area contributed by atoms with E-state index in [1.807, 2.05) is 0 Å². The summed E-state index contributed by atoms with van der Waals surface area (Å²) in [5, 5.41) is -0.891. The summed E-state index contributed by atoms with van der Waals surface area (Å²) in [5.41, 5.74) is 6.78. The fourth-order valence-corrected chi connectivity index (χ4v) is 4.09. The second kappa shape index (κ2) is 5.13. The zero-order chi connectivity index (χ0) is 15.0. The van der Waals surface area contributed by atoms with Crippen molar-refractivity contribution < 1.29 is 17.5 Å². The van der Waals surface area contributed by atoms with Gasteiger partial charge in [0.15, 0.2) is 9.84 Å². The normalized spacial score (nSPS) is 21.4. The zero-order valence-corrected chi connectivity index (χ0v) is 11.9. The SMILES string of the molecule is NC1c2ccccc2OCC1S(=O)(=O)c1ccc(F)cc1. The van der Waals surface area contributed by atoms with Crippen molar-refractivity contribution in [3.05, 3.63) is 59.9 Å². The van der Waals surface area contributed by atoms with Gasteiger partial charge in [0.25, 0.3) is 0 Å². The summed E-state index contributed by atoms with van der Waals surface area (Å²) in [7, 11) is -3.69. The van der Waals surface area contributed by atoms with Gasteiger partial charge in [-0.25, -0.2) is 12.8 Å². The number of hydrogen-bond donors (Lipinski definition) is 1. The maximum Gasteiger partial charge on any atom is 0.186 e. The van der Waals surface area contributed by atoms with E-state index in [0.717, 1.165) is 12.1 Å². The number of nitrogens with two attached hydrogens (primary N) is 1. The Kier molecular flexibility index (Phi) is 3.43. The van der Waals surface area contributed by atoms with Gasteiger partial charge in [-0.05, 0) is 30.3 Å². The topological polar surface area (TPSA) is 69.4 Å². The molecule has 2 aromatic carbocycles. The van der Waals surface area contributed by atoms with E-state index < -0.39 is 26.9 Å². The molecular formula is C15H14FNO3S. The average molecular weight is 307 g/mol. The van der Waals surface area contributed by atoms with E-state index in [1.54, 1.807) is 24.3 Å². The molecule has 0 aliphatic carbocycles. The molecule has 1 aliphatic rings. The molecular weight excluding hydrogens is 293 g/mol. The largest absolute Gasteiger partial charge is 0.492 e. The number of para-hydroxylation sites is 1. The molecule has 2 N–H and O–H groups in total. The minimum absolute atomic E-state index is 0.0160. The van der Waals surface area contributed by atoms with Crippen molar-refractivity contribution in [3.63, 3.8) is 0 Å². The summed E-state index contributed by atoms with van der Waals surface area (Å²) < 4.78 is 43.7. The number of sulfone groups is 1. The van der Waals surface area contributed by atoms with Crippen molar-refractivity contribution in [3.8, 4) is 5.75 Å². The standard InChI is InChI=1S/C15H14FNO3S/c16-10-5-7-11(8-6-10)21(18,19)14-9-20-13-4-2-1-3-12(13)15(14)17/h1-8,14-15H,9,17H2. The molecule has 0 aromatic heterocycles. The Morgan fingerprint density at radius 1 is 1.10 bits per heavy atom. The Bertz CT molecular complexity index is 759. The Balaban J connectivity index is 1.99. The van der Waals surface area contributed by atoms with Crippen LogP contribution >= 0.6 is 0 Å². The monoisotopic (exact) mass is 307 g/mol. The minimum Gasteiger partial charge on any atom is -0.492 e. The highest BCUT2D eigenvalue weighted by molar-refractivity contribution is 7.92. The third-order valence-corrected chi connectivity index (χ3v) is 5.78. The molecule has 0 fully saturated rings. The van der Waals surface area contributed by atoms with Crippen LogP contribution in [-0.4, -0.2) is 20.3 Å². The summed E-state index contributed by atoms with van der Waals surface area (Å²) in [6.45, 7) is -0.0160. The van der Waals surface area contributed by atoms with Crippen LogP contribution in [0.2, 0.25) is 0 Å². The van der Waals surface area contributed by atoms with Gasteiger partial charge in [0.2, 0.25) is 0 Å². The van der Waals surface area contributed by atoms with E-state index >= 15 is 0 Å². The van der Waals surface area contributed by atoms with Crippen molar-refractivity contribution >= 4 is 9.84 Å². The fourth-order valence-electron chi connectivity index (χ4n) is 2.44. The molecule has 0 amide bonds. The van der Waals surface area contributed by atoms with Gasteiger partial charge < -0.3 is 10.5 Å². The van der Waals surface area contributed by atoms with E-state index in [9.17, 15) is 12.8 Å². The molecule has 1 aliphatic heterocycles. The predicted octanol–water partition coefficient (Wildman–Crippen LogP) is 2.06. The summed E-state index contributed by atoms with van der Waals surface area (Å²) >= 11 is 0. The quantitative estimate of drug-likeness (QED) is 0.862. The van der Waals surface area contributed by atoms with E-state index in [-0.39, 0.29) is 11.5 Å². The number of benzene rings is 2. The highest BCUT2D eigenvalue weighted by atomic mass is 32.2. The summed E-state index contributed by atoms with van der Waals surface area (Å²) in [6, 6.07) is 11.2. The lowest BCUT2D eigenvalue weighted by atomic mass is 10.0. The lowest BCUT2D eigenvalue weighted by molar-refractivity contribution is 0.270. The van der Waals surface area contributed by atoms with Crippen LogP contribution in [-0.2, 0) is 9.84 Å². The van der Waals surface area contributed by atoms with Gasteiger partial charge in [-0.3, -0.25) is 0 Å². The first-order valence-electron chi connectivity index (χ1n) is 6.47. The molecule has 0 radical (unpaired) electrons. The second-order valence-electron chi connectivity index (χ2n) is 4.91. The van der Waals surface area contributed by atoms with Gasteiger partial charge in [-0.1, -0.05) is 18.2 Å². The smallest absolute Gasteiger partial charge is 0.186 e. The van der Waals surface area contributed by atoms with Gasteiger partial charge in [-0.2, -0.15) is 0 Å². The Morgan fingerprint density at radius 3 is 2.48 bits per heavy atom. The second-order valence-corrected chi connectivity index (χ2v) is 7.08. The first-order chi connectivity index (χ1) is 10.00. The van der Waals surface area contributed by atoms with Gasteiger partial charge in [-0.15, -0.1) is 0 Å². The summed E-state index contributed by atoms with van der Waals surface area (Å²) in [5.74, 6) is 0.124. The highest BCUT2D eigenvalue weighted by Gasteiger charge is 2.38. The number of halogens is 1. The molecule has 2 aromatic rings. The molecule has 110 valence electrons. The lowest BCUT2D eigenvalue weighted by Gasteiger charge is -2.30. The molecule has 2 unspecified atom stereocenters. The van der Waals surface area contributed by atoms with Crippen LogP contribution in [0.4, 0.5) is 4.39 Å². The van der Waals surface area contributed by atoms with E-state index in [4.69, 9.17) is 10.5 Å². The van der Waals surface area contributed by atoms with Crippen molar-refractivity contribution in [1.29, 1.82) is 0 Å². The van der Waals surface area contributed by atoms with Crippen molar-refractivity contribution in [1.82, 2.24) is 0 Å². The molecule has 0 spiro atoms. The van der Waals surface area contributed by atoms with Crippen molar-refractivity contribution in [2.45, 2.75) is 16.2 Å². The third-order valence-electron chi connectivity index (χ3n) is 3.62. The molecule has 6 heteroatoms. The van der Waals surface area contributed by atoms with Gasteiger partial charge >= 0.3 is 0 Å². The maximum atomic E-state index is 12.9. The van der Waals surface area contributed by atoms with Gasteiger partial charge in [0, 0.05) is 5.56 Å². The molecule has 3 rings (SSSR count). The molecule has 0 saturated heterocycles. The first-order valence-corrected chi connectivity index (χ1v) is 8.01. The first kappa shape index (κ1) is 14.0. The zero-order valence-electron chi connectivity index (χ0n) is 11.1. The van der Waals surface area contributed by atoms with Crippen LogP contribution in [0.25, 0.3) is 0 Å². The van der Waals surface area contributed by atoms with Crippen molar-refractivity contribution in [2.24, 2.45) is 5.73 Å². The van der Waals surface area contributed by atoms with Crippen LogP contribution in [0.5, 0.6) is 5.75 Å². The van der Waals surface area contributed by atoms with Gasteiger partial charge in [0.05, 0.1) is 10.9 Å². The molecule has 0 bridgehead atoms. The van der Waals surface area contributed by atoms with E-state index in [0.29, 0.717) is 11.3 Å². The van der Waals surface area contributed by atoms with Crippen LogP contribution in [0, 0.1) is 5.82 Å². The van der Waals surface area contributed by atoms with E-state index in [1.165, 1.54) is 12.1 Å². The Morgan fingerprint density at radius 2 is 1.76 bits per heavy atom. The predicted molar refractivity (Wildman–Crippen MR) is 76.2 cm³/mol. The number of hydrogen-bond acceptors (Lipinski definition) is 4. The van der Waals surface area contributed by atoms with Crippen molar-refractivity contribution in [2.75, 3.05) is 6.61 Å². The Labute approximate surface area is 122 Å². The maximum absolute atomic E-state index is 12.9. The Hall–Kier alpha value is -1.92. The number of rotatable bonds is 2. The number of fused-ring (bicyclic) bond motifs is 1. The molecule has 0 saturated carbocycles. The molecule has 4 nitrogen and oxygen atoms in total. The highest BCUT2D eigenvalue weighted by Crippen LogP contribution is 2.35. The van der Waals surface area contributed by atoms with Crippen LogP contribution < -0.4 is 10.5 Å². The number of ether oxygens (including phenoxy) is 1. The van der Waals surface area contributed by atoms with Gasteiger partial charge in [0.1, 0.15) is 23.4 Å². The third kappa shape index (κ3) is 2.41. The van der Waals surface area contributed by atoms with E-state index in [2.05, 4.69) is 0 Å². The molecule has 1 heterocycles. The molecule has 2 atom stereocenters. The lowest BCUT2D eigenvalue weighted by Crippen LogP contribution is -2.41. The van der Waals surface area contributed by atoms with Crippen LogP contribution in [0.1, 0.15) is 11.6 Å². The molecule has 21 heavy (non-hydrogen) atoms. The fraction of sp³-hybridized carbons (Fsp3) is 0.200. The minimum atomic E-state index is -3.69.